The van der Waals surface area contributed by atoms with E-state index in [4.69, 9.17) is 16.3 Å². The van der Waals surface area contributed by atoms with Crippen LogP contribution in [-0.4, -0.2) is 47.0 Å². The molecule has 0 saturated carbocycles. The van der Waals surface area contributed by atoms with E-state index in [2.05, 4.69) is 10.3 Å². The van der Waals surface area contributed by atoms with Gasteiger partial charge in [-0.25, -0.2) is 8.78 Å². The molecule has 0 spiro atoms. The molecular formula is C23H21ClF5N3O3. The summed E-state index contributed by atoms with van der Waals surface area (Å²) >= 11 is 5.65. The molecule has 0 radical (unpaired) electrons. The van der Waals surface area contributed by atoms with Crippen molar-refractivity contribution in [2.45, 2.75) is 44.1 Å². The van der Waals surface area contributed by atoms with Crippen LogP contribution < -0.4 is 5.32 Å². The Morgan fingerprint density at radius 3 is 2.51 bits per heavy atom. The van der Waals surface area contributed by atoms with Crippen molar-refractivity contribution in [2.24, 2.45) is 5.92 Å². The SMILES string of the molecule is C[C@@H]1CC[C@H](C(=O)N[C@@H](c2cc(F)c(Cl)cc2F)C2COC2)N1C(=O)c1cc(C(F)(F)F)ccn1. The first-order valence-electron chi connectivity index (χ1n) is 10.9. The number of pyridine rings is 1. The molecule has 3 atom stereocenters. The van der Waals surface area contributed by atoms with Gasteiger partial charge in [-0.3, -0.25) is 14.6 Å². The maximum Gasteiger partial charge on any atom is 0.416 e. The highest BCUT2D eigenvalue weighted by molar-refractivity contribution is 6.30. The van der Waals surface area contributed by atoms with E-state index < -0.39 is 64.0 Å². The molecule has 188 valence electrons. The summed E-state index contributed by atoms with van der Waals surface area (Å²) in [5.41, 5.74) is -1.59. The molecule has 12 heteroatoms. The summed E-state index contributed by atoms with van der Waals surface area (Å²) in [5.74, 6) is -3.48. The maximum atomic E-state index is 14.6. The van der Waals surface area contributed by atoms with Crippen molar-refractivity contribution in [1.82, 2.24) is 15.2 Å². The first-order valence-corrected chi connectivity index (χ1v) is 11.2. The Labute approximate surface area is 202 Å². The minimum atomic E-state index is -4.67. The second-order valence-corrected chi connectivity index (χ2v) is 9.06. The lowest BCUT2D eigenvalue weighted by atomic mass is 9.90. The van der Waals surface area contributed by atoms with E-state index in [1.165, 1.54) is 4.90 Å². The van der Waals surface area contributed by atoms with Crippen LogP contribution in [0.3, 0.4) is 0 Å². The Morgan fingerprint density at radius 1 is 1.17 bits per heavy atom. The van der Waals surface area contributed by atoms with Crippen LogP contribution in [0, 0.1) is 17.6 Å². The van der Waals surface area contributed by atoms with Gasteiger partial charge in [0.05, 0.1) is 29.8 Å². The van der Waals surface area contributed by atoms with E-state index in [1.54, 1.807) is 6.92 Å². The summed E-state index contributed by atoms with van der Waals surface area (Å²) in [4.78, 5) is 31.3. The molecule has 1 N–H and O–H groups in total. The highest BCUT2D eigenvalue weighted by Crippen LogP contribution is 2.34. The van der Waals surface area contributed by atoms with Gasteiger partial charge in [0, 0.05) is 23.7 Å². The van der Waals surface area contributed by atoms with Gasteiger partial charge in [0.25, 0.3) is 5.91 Å². The number of alkyl halides is 3. The zero-order chi connectivity index (χ0) is 25.5. The standard InChI is InChI=1S/C23H21ClF5N3O3/c1-11-2-3-19(32(11)22(34)18-6-13(4-5-30-18)23(27,28)29)21(33)31-20(12-9-35-10-12)14-7-17(26)15(24)8-16(14)25/h4-8,11-12,19-20H,2-3,9-10H2,1H3,(H,31,33)/t11-,19-,20-/m1/s1. The Balaban J connectivity index is 1.59. The van der Waals surface area contributed by atoms with Crippen LogP contribution in [0.4, 0.5) is 22.0 Å². The quantitative estimate of drug-likeness (QED) is 0.467. The van der Waals surface area contributed by atoms with Gasteiger partial charge in [-0.1, -0.05) is 11.6 Å². The van der Waals surface area contributed by atoms with Gasteiger partial charge in [0.2, 0.25) is 5.91 Å². The number of nitrogens with zero attached hydrogens (tertiary/aromatic N) is 2. The van der Waals surface area contributed by atoms with Crippen molar-refractivity contribution in [3.8, 4) is 0 Å². The van der Waals surface area contributed by atoms with Crippen LogP contribution in [0.2, 0.25) is 5.02 Å². The number of amides is 2. The number of hydrogen-bond acceptors (Lipinski definition) is 4. The smallest absolute Gasteiger partial charge is 0.381 e. The van der Waals surface area contributed by atoms with Crippen molar-refractivity contribution in [2.75, 3.05) is 13.2 Å². The van der Waals surface area contributed by atoms with Crippen LogP contribution in [0.5, 0.6) is 0 Å². The third kappa shape index (κ3) is 5.11. The number of halogens is 6. The summed E-state index contributed by atoms with van der Waals surface area (Å²) in [6.45, 7) is 2.07. The zero-order valence-corrected chi connectivity index (χ0v) is 19.2. The predicted octanol–water partition coefficient (Wildman–Crippen LogP) is 4.53. The van der Waals surface area contributed by atoms with E-state index in [0.29, 0.717) is 12.5 Å². The van der Waals surface area contributed by atoms with Crippen LogP contribution in [-0.2, 0) is 15.7 Å². The van der Waals surface area contributed by atoms with Crippen LogP contribution in [0.15, 0.2) is 30.5 Å². The fourth-order valence-electron chi connectivity index (χ4n) is 4.36. The van der Waals surface area contributed by atoms with Crippen molar-refractivity contribution in [1.29, 1.82) is 0 Å². The number of ether oxygens (including phenoxy) is 1. The summed E-state index contributed by atoms with van der Waals surface area (Å²) in [6, 6.07) is 0.679. The van der Waals surface area contributed by atoms with E-state index >= 15 is 0 Å². The second kappa shape index (κ2) is 9.69. The van der Waals surface area contributed by atoms with Crippen LogP contribution in [0.1, 0.15) is 47.4 Å². The van der Waals surface area contributed by atoms with Crippen molar-refractivity contribution >= 4 is 23.4 Å². The molecule has 4 rings (SSSR count). The molecular weight excluding hydrogens is 497 g/mol. The molecule has 2 amide bonds. The Morgan fingerprint density at radius 2 is 1.89 bits per heavy atom. The molecule has 0 bridgehead atoms. The molecule has 2 aromatic rings. The lowest BCUT2D eigenvalue weighted by Gasteiger charge is -2.36. The molecule has 6 nitrogen and oxygen atoms in total. The van der Waals surface area contributed by atoms with Gasteiger partial charge in [-0.2, -0.15) is 13.2 Å². The highest BCUT2D eigenvalue weighted by atomic mass is 35.5. The highest BCUT2D eigenvalue weighted by Gasteiger charge is 2.42. The van der Waals surface area contributed by atoms with Gasteiger partial charge < -0.3 is 15.0 Å². The number of nitrogens with one attached hydrogen (secondary N) is 1. The largest absolute Gasteiger partial charge is 0.416 e. The third-order valence-electron chi connectivity index (χ3n) is 6.32. The normalized spacial score (nSPS) is 21.5. The molecule has 2 aliphatic rings. The number of aromatic nitrogens is 1. The maximum absolute atomic E-state index is 14.6. The number of hydrogen-bond donors (Lipinski definition) is 1. The Bertz CT molecular complexity index is 1140. The van der Waals surface area contributed by atoms with E-state index in [-0.39, 0.29) is 31.1 Å². The molecule has 1 aromatic carbocycles. The van der Waals surface area contributed by atoms with Crippen molar-refractivity contribution in [3.63, 3.8) is 0 Å². The summed E-state index contributed by atoms with van der Waals surface area (Å²) < 4.78 is 73.2. The van der Waals surface area contributed by atoms with E-state index in [9.17, 15) is 31.5 Å². The van der Waals surface area contributed by atoms with E-state index in [0.717, 1.165) is 24.4 Å². The summed E-state index contributed by atoms with van der Waals surface area (Å²) in [7, 11) is 0. The lowest BCUT2D eigenvalue weighted by Crippen LogP contribution is -2.51. The summed E-state index contributed by atoms with van der Waals surface area (Å²) in [5, 5.41) is 2.29. The van der Waals surface area contributed by atoms with Crippen LogP contribution >= 0.6 is 11.6 Å². The molecule has 2 saturated heterocycles. The first-order chi connectivity index (χ1) is 16.5. The molecule has 0 aliphatic carbocycles. The second-order valence-electron chi connectivity index (χ2n) is 8.65. The first kappa shape index (κ1) is 25.3. The number of likely N-dealkylation sites (tertiary alicyclic amines) is 1. The third-order valence-corrected chi connectivity index (χ3v) is 6.61. The van der Waals surface area contributed by atoms with Gasteiger partial charge >= 0.3 is 6.18 Å². The zero-order valence-electron chi connectivity index (χ0n) is 18.4. The average Bonchev–Trinajstić information content (AvgIpc) is 3.15. The molecule has 1 aromatic heterocycles. The van der Waals surface area contributed by atoms with Gasteiger partial charge in [0.15, 0.2) is 0 Å². The van der Waals surface area contributed by atoms with Crippen molar-refractivity contribution in [3.05, 3.63) is 63.9 Å². The predicted molar refractivity (Wildman–Crippen MR) is 114 cm³/mol. The van der Waals surface area contributed by atoms with Gasteiger partial charge in [-0.05, 0) is 44.0 Å². The molecule has 2 aliphatic heterocycles. The monoisotopic (exact) mass is 517 g/mol. The number of rotatable bonds is 5. The topological polar surface area (TPSA) is 71.5 Å². The average molecular weight is 518 g/mol. The Hall–Kier alpha value is -2.79. The van der Waals surface area contributed by atoms with Crippen molar-refractivity contribution < 1.29 is 36.3 Å². The number of carbonyl (C=O) groups is 2. The lowest BCUT2D eigenvalue weighted by molar-refractivity contribution is -0.137. The minimum Gasteiger partial charge on any atom is -0.381 e. The fourth-order valence-corrected chi connectivity index (χ4v) is 4.51. The van der Waals surface area contributed by atoms with Crippen LogP contribution in [0.25, 0.3) is 0 Å². The molecule has 2 fully saturated rings. The molecule has 35 heavy (non-hydrogen) atoms. The fraction of sp³-hybridized carbons (Fsp3) is 0.435. The van der Waals surface area contributed by atoms with E-state index in [1.807, 2.05) is 0 Å². The minimum absolute atomic E-state index is 0.114. The molecule has 0 unspecified atom stereocenters. The Kier molecular flexibility index (Phi) is 7.01. The number of benzene rings is 1. The molecule has 3 heterocycles. The number of carbonyl (C=O) groups excluding carboxylic acids is 2. The van der Waals surface area contributed by atoms with Gasteiger partial charge in [-0.15, -0.1) is 0 Å². The van der Waals surface area contributed by atoms with Gasteiger partial charge in [0.1, 0.15) is 23.4 Å². The summed E-state index contributed by atoms with van der Waals surface area (Å²) in [6.07, 6.45) is -3.12.